The van der Waals surface area contributed by atoms with Crippen molar-refractivity contribution < 1.29 is 17.9 Å². The summed E-state index contributed by atoms with van der Waals surface area (Å²) >= 11 is 1.46. The van der Waals surface area contributed by atoms with Crippen LogP contribution in [0.4, 0.5) is 0 Å². The maximum absolute atomic E-state index is 12.8. The topological polar surface area (TPSA) is 81.0 Å². The number of fused-ring (bicyclic) bond motifs is 3. The van der Waals surface area contributed by atoms with Gasteiger partial charge in [-0.25, -0.2) is 8.42 Å². The number of amides is 1. The summed E-state index contributed by atoms with van der Waals surface area (Å²) in [5, 5.41) is 2.26. The Bertz CT molecular complexity index is 1500. The molecule has 0 radical (unpaired) electrons. The monoisotopic (exact) mass is 467 g/mol. The minimum atomic E-state index is -3.60. The first-order valence-electron chi connectivity index (χ1n) is 10.2. The van der Waals surface area contributed by atoms with Crippen molar-refractivity contribution in [1.29, 1.82) is 0 Å². The van der Waals surface area contributed by atoms with E-state index in [1.54, 1.807) is 0 Å². The van der Waals surface area contributed by atoms with Crippen LogP contribution < -0.4 is 4.80 Å². The second-order valence-electron chi connectivity index (χ2n) is 7.54. The molecule has 1 saturated heterocycles. The van der Waals surface area contributed by atoms with E-state index in [1.807, 2.05) is 29.8 Å². The Hall–Kier alpha value is -2.85. The van der Waals surface area contributed by atoms with Gasteiger partial charge in [0, 0.05) is 31.1 Å². The predicted molar refractivity (Wildman–Crippen MR) is 124 cm³/mol. The molecule has 1 aliphatic rings. The second kappa shape index (κ2) is 8.25. The third kappa shape index (κ3) is 3.67. The highest BCUT2D eigenvalue weighted by molar-refractivity contribution is 7.89. The fourth-order valence-electron chi connectivity index (χ4n) is 3.82. The van der Waals surface area contributed by atoms with Crippen LogP contribution in [0.2, 0.25) is 0 Å². The molecule has 1 amide bonds. The summed E-state index contributed by atoms with van der Waals surface area (Å²) < 4.78 is 35.2. The summed E-state index contributed by atoms with van der Waals surface area (Å²) in [7, 11) is -1.71. The Balaban J connectivity index is 1.48. The zero-order chi connectivity index (χ0) is 22.3. The maximum atomic E-state index is 12.8. The average Bonchev–Trinajstić information content (AvgIpc) is 3.15. The number of ether oxygens (including phenoxy) is 1. The largest absolute Gasteiger partial charge is 0.379 e. The van der Waals surface area contributed by atoms with Gasteiger partial charge >= 0.3 is 0 Å². The molecule has 3 aromatic carbocycles. The summed E-state index contributed by atoms with van der Waals surface area (Å²) in [6.45, 7) is 1.43. The van der Waals surface area contributed by atoms with Crippen LogP contribution in [0.5, 0.6) is 0 Å². The number of rotatable bonds is 3. The van der Waals surface area contributed by atoms with E-state index in [9.17, 15) is 13.2 Å². The van der Waals surface area contributed by atoms with Crippen LogP contribution in [0, 0.1) is 0 Å². The number of aromatic nitrogens is 1. The number of thiazole rings is 1. The fraction of sp³-hybridized carbons (Fsp3) is 0.217. The first-order chi connectivity index (χ1) is 15.4. The Labute approximate surface area is 189 Å². The summed E-state index contributed by atoms with van der Waals surface area (Å²) in [6, 6.07) is 18.2. The minimum Gasteiger partial charge on any atom is -0.379 e. The van der Waals surface area contributed by atoms with Gasteiger partial charge < -0.3 is 9.30 Å². The van der Waals surface area contributed by atoms with Gasteiger partial charge in [-0.15, -0.1) is 0 Å². The van der Waals surface area contributed by atoms with E-state index in [1.165, 1.54) is 39.9 Å². The van der Waals surface area contributed by atoms with Gasteiger partial charge in [0.25, 0.3) is 5.91 Å². The highest BCUT2D eigenvalue weighted by Crippen LogP contribution is 2.27. The van der Waals surface area contributed by atoms with Crippen LogP contribution in [0.25, 0.3) is 21.0 Å². The van der Waals surface area contributed by atoms with Gasteiger partial charge in [-0.3, -0.25) is 4.79 Å². The molecule has 0 N–H and O–H groups in total. The van der Waals surface area contributed by atoms with Gasteiger partial charge in [-0.1, -0.05) is 41.7 Å². The molecule has 5 rings (SSSR count). The zero-order valence-corrected chi connectivity index (χ0v) is 19.0. The van der Waals surface area contributed by atoms with Crippen molar-refractivity contribution in [2.24, 2.45) is 12.0 Å². The van der Waals surface area contributed by atoms with Crippen molar-refractivity contribution in [2.45, 2.75) is 4.90 Å². The van der Waals surface area contributed by atoms with E-state index < -0.39 is 15.9 Å². The van der Waals surface area contributed by atoms with E-state index in [4.69, 9.17) is 4.74 Å². The molecule has 1 aromatic heterocycles. The molecule has 2 heterocycles. The summed E-state index contributed by atoms with van der Waals surface area (Å²) in [5.74, 6) is -0.410. The van der Waals surface area contributed by atoms with E-state index in [2.05, 4.69) is 23.2 Å². The van der Waals surface area contributed by atoms with Gasteiger partial charge in [-0.05, 0) is 35.7 Å². The standard InChI is InChI=1S/C23H21N3O4S2/c1-25-20-11-8-16-4-2-3-5-19(16)21(20)31-23(25)24-22(27)17-6-9-18(10-7-17)32(28,29)26-12-14-30-15-13-26/h2-11H,12-15H2,1H3. The first kappa shape index (κ1) is 21.0. The van der Waals surface area contributed by atoms with Crippen LogP contribution in [-0.4, -0.2) is 49.5 Å². The normalized spacial score (nSPS) is 16.1. The van der Waals surface area contributed by atoms with Crippen LogP contribution in [0.15, 0.2) is 70.6 Å². The number of benzene rings is 3. The molecule has 0 atom stereocenters. The molecule has 32 heavy (non-hydrogen) atoms. The first-order valence-corrected chi connectivity index (χ1v) is 12.4. The van der Waals surface area contributed by atoms with Crippen LogP contribution >= 0.6 is 11.3 Å². The van der Waals surface area contributed by atoms with Gasteiger partial charge in [0.15, 0.2) is 4.80 Å². The van der Waals surface area contributed by atoms with Gasteiger partial charge in [-0.2, -0.15) is 9.30 Å². The van der Waals surface area contributed by atoms with Crippen molar-refractivity contribution in [3.8, 4) is 0 Å². The van der Waals surface area contributed by atoms with Crippen molar-refractivity contribution in [1.82, 2.24) is 8.87 Å². The van der Waals surface area contributed by atoms with Crippen molar-refractivity contribution in [3.05, 3.63) is 71.0 Å². The van der Waals surface area contributed by atoms with Gasteiger partial charge in [0.1, 0.15) is 0 Å². The Morgan fingerprint density at radius 2 is 1.72 bits per heavy atom. The molecule has 0 unspecified atom stereocenters. The maximum Gasteiger partial charge on any atom is 0.279 e. The number of hydrogen-bond acceptors (Lipinski definition) is 5. The second-order valence-corrected chi connectivity index (χ2v) is 10.5. The molecule has 1 aliphatic heterocycles. The molecule has 0 saturated carbocycles. The molecule has 7 nitrogen and oxygen atoms in total. The molecule has 0 aliphatic carbocycles. The number of carbonyl (C=O) groups excluding carboxylic acids is 1. The lowest BCUT2D eigenvalue weighted by molar-refractivity contribution is 0.0730. The Kier molecular flexibility index (Phi) is 5.42. The van der Waals surface area contributed by atoms with E-state index in [0.29, 0.717) is 36.7 Å². The van der Waals surface area contributed by atoms with Gasteiger partial charge in [0.05, 0.1) is 28.3 Å². The average molecular weight is 468 g/mol. The number of hydrogen-bond donors (Lipinski definition) is 0. The Morgan fingerprint density at radius 1 is 1.00 bits per heavy atom. The van der Waals surface area contributed by atoms with Gasteiger partial charge in [0.2, 0.25) is 10.0 Å². The number of sulfonamides is 1. The van der Waals surface area contributed by atoms with E-state index in [-0.39, 0.29) is 4.90 Å². The molecule has 0 bridgehead atoms. The fourth-order valence-corrected chi connectivity index (χ4v) is 6.38. The molecule has 9 heteroatoms. The number of morpholine rings is 1. The lowest BCUT2D eigenvalue weighted by atomic mass is 10.1. The number of nitrogens with zero attached hydrogens (tertiary/aromatic N) is 3. The minimum absolute atomic E-state index is 0.162. The molecular weight excluding hydrogens is 446 g/mol. The SMILES string of the molecule is Cn1c(=NC(=O)c2ccc(S(=O)(=O)N3CCOCC3)cc2)sc2c3ccccc3ccc21. The van der Waals surface area contributed by atoms with Crippen molar-refractivity contribution in [3.63, 3.8) is 0 Å². The summed E-state index contributed by atoms with van der Waals surface area (Å²) in [5.41, 5.74) is 1.35. The molecule has 0 spiro atoms. The third-order valence-corrected chi connectivity index (χ3v) is 8.70. The van der Waals surface area contributed by atoms with Crippen LogP contribution in [0.1, 0.15) is 10.4 Å². The van der Waals surface area contributed by atoms with Crippen LogP contribution in [0.3, 0.4) is 0 Å². The smallest absolute Gasteiger partial charge is 0.279 e. The zero-order valence-electron chi connectivity index (χ0n) is 17.4. The highest BCUT2D eigenvalue weighted by Gasteiger charge is 2.26. The third-order valence-electron chi connectivity index (χ3n) is 5.61. The predicted octanol–water partition coefficient (Wildman–Crippen LogP) is 3.16. The molecule has 1 fully saturated rings. The highest BCUT2D eigenvalue weighted by atomic mass is 32.2. The Morgan fingerprint density at radius 3 is 2.47 bits per heavy atom. The molecule has 164 valence electrons. The summed E-state index contributed by atoms with van der Waals surface area (Å²) in [6.07, 6.45) is 0. The quantitative estimate of drug-likeness (QED) is 0.464. The van der Waals surface area contributed by atoms with E-state index >= 15 is 0 Å². The van der Waals surface area contributed by atoms with Crippen LogP contribution in [-0.2, 0) is 21.8 Å². The van der Waals surface area contributed by atoms with E-state index in [0.717, 1.165) is 21.0 Å². The summed E-state index contributed by atoms with van der Waals surface area (Å²) in [4.78, 5) is 17.9. The number of aryl methyl sites for hydroxylation is 1. The lowest BCUT2D eigenvalue weighted by Crippen LogP contribution is -2.40. The molecular formula is C23H21N3O4S2. The number of carbonyl (C=O) groups is 1. The van der Waals surface area contributed by atoms with Crippen molar-refractivity contribution >= 4 is 48.3 Å². The lowest BCUT2D eigenvalue weighted by Gasteiger charge is -2.26. The van der Waals surface area contributed by atoms with Crippen molar-refractivity contribution in [2.75, 3.05) is 26.3 Å². The molecule has 4 aromatic rings.